The van der Waals surface area contributed by atoms with Crippen LogP contribution in [0.2, 0.25) is 26.2 Å². The van der Waals surface area contributed by atoms with Gasteiger partial charge in [0.2, 0.25) is 0 Å². The van der Waals surface area contributed by atoms with Gasteiger partial charge in [0, 0.05) is 32.0 Å². The Bertz CT molecular complexity index is 1180. The second kappa shape index (κ2) is 12.2. The van der Waals surface area contributed by atoms with Gasteiger partial charge in [-0.25, -0.2) is 18.4 Å². The quantitative estimate of drug-likeness (QED) is 0.379. The molecule has 0 saturated carbocycles. The van der Waals surface area contributed by atoms with Crippen LogP contribution < -0.4 is 0 Å². The molecule has 0 aliphatic heterocycles. The molecule has 2 aromatic rings. The summed E-state index contributed by atoms with van der Waals surface area (Å²) in [5.74, 6) is -3.70. The fourth-order valence-corrected chi connectivity index (χ4v) is 3.75. The molecular formula is C27H32F2O6Si. The third-order valence-corrected chi connectivity index (χ3v) is 5.32. The predicted molar refractivity (Wildman–Crippen MR) is 135 cm³/mol. The Balaban J connectivity index is 0.000000215. The van der Waals surface area contributed by atoms with Crippen LogP contribution in [-0.4, -0.2) is 43.8 Å². The van der Waals surface area contributed by atoms with Gasteiger partial charge in [0.05, 0.1) is 18.2 Å². The third kappa shape index (κ3) is 7.91. The molecule has 0 saturated heterocycles. The number of aryl methyl sites for hydroxylation is 2. The van der Waals surface area contributed by atoms with Crippen LogP contribution in [0.5, 0.6) is 0 Å². The van der Waals surface area contributed by atoms with Crippen molar-refractivity contribution in [1.82, 2.24) is 0 Å². The molecule has 2 aliphatic carbocycles. The van der Waals surface area contributed by atoms with Crippen molar-refractivity contribution in [3.05, 3.63) is 69.3 Å². The first-order chi connectivity index (χ1) is 16.7. The lowest BCUT2D eigenvalue weighted by Gasteiger charge is -2.15. The van der Waals surface area contributed by atoms with Gasteiger partial charge in [-0.2, -0.15) is 0 Å². The number of halogens is 2. The summed E-state index contributed by atoms with van der Waals surface area (Å²) >= 11 is 0. The summed E-state index contributed by atoms with van der Waals surface area (Å²) in [4.78, 5) is 44.8. The second-order valence-corrected chi connectivity index (χ2v) is 16.3. The van der Waals surface area contributed by atoms with Gasteiger partial charge in [-0.3, -0.25) is 9.59 Å². The van der Waals surface area contributed by atoms with E-state index in [0.29, 0.717) is 48.8 Å². The highest BCUT2D eigenvalue weighted by molar-refractivity contribution is 6.74. The number of carboxylic acids is 1. The smallest absolute Gasteiger partial charge is 0.340 e. The van der Waals surface area contributed by atoms with E-state index in [1.54, 1.807) is 0 Å². The average Bonchev–Trinajstić information content (AvgIpc) is 2.78. The van der Waals surface area contributed by atoms with E-state index in [1.807, 2.05) is 0 Å². The zero-order valence-electron chi connectivity index (χ0n) is 21.3. The molecule has 0 radical (unpaired) electrons. The van der Waals surface area contributed by atoms with Gasteiger partial charge < -0.3 is 9.84 Å². The Morgan fingerprint density at radius 1 is 0.778 bits per heavy atom. The molecule has 2 aliphatic rings. The molecule has 6 nitrogen and oxygen atoms in total. The highest BCUT2D eigenvalue weighted by atomic mass is 28.3. The Kier molecular flexibility index (Phi) is 9.81. The lowest BCUT2D eigenvalue weighted by molar-refractivity contribution is 0.0593. The van der Waals surface area contributed by atoms with Gasteiger partial charge in [-0.05, 0) is 61.1 Å². The number of ether oxygens (including phenoxy) is 1. The summed E-state index contributed by atoms with van der Waals surface area (Å²) in [6.07, 6.45) is 3.66. The number of carbonyl (C=O) groups excluding carboxylic acids is 3. The summed E-state index contributed by atoms with van der Waals surface area (Å²) < 4.78 is 31.3. The fourth-order valence-electron chi connectivity index (χ4n) is 3.75. The molecule has 0 aromatic heterocycles. The van der Waals surface area contributed by atoms with Crippen molar-refractivity contribution in [2.75, 3.05) is 7.11 Å². The number of Topliss-reactive ketones (excluding diaryl/α,β-unsaturated/α-hetero) is 2. The lowest BCUT2D eigenvalue weighted by Crippen LogP contribution is -2.14. The van der Waals surface area contributed by atoms with Crippen molar-refractivity contribution in [2.45, 2.75) is 64.7 Å². The standard InChI is InChI=1S/C12H11FO3.C11H9FO3.C4H12Si/c1-16-12(15)9-5-7-3-2-4-11(14)8(7)6-10(9)13;12-9-5-7-6(2-1-3-10(7)13)4-8(9)11(14)15;1-5(2,3)4/h5-6H,2-4H2,1H3;4-5H,1-3H2,(H,14,15);1-4H3. The van der Waals surface area contributed by atoms with Gasteiger partial charge in [0.15, 0.2) is 11.6 Å². The second-order valence-electron chi connectivity index (χ2n) is 10.3. The molecule has 2 aromatic carbocycles. The Morgan fingerprint density at radius 3 is 1.56 bits per heavy atom. The van der Waals surface area contributed by atoms with Crippen LogP contribution >= 0.6 is 0 Å². The number of rotatable bonds is 2. The van der Waals surface area contributed by atoms with Crippen LogP contribution in [0.25, 0.3) is 0 Å². The zero-order chi connectivity index (χ0) is 27.2. The zero-order valence-corrected chi connectivity index (χ0v) is 22.3. The molecule has 1 N–H and O–H groups in total. The number of methoxy groups -OCH3 is 1. The predicted octanol–water partition coefficient (Wildman–Crippen LogP) is 6.13. The molecule has 0 amide bonds. The highest BCUT2D eigenvalue weighted by Gasteiger charge is 2.23. The topological polar surface area (TPSA) is 97.7 Å². The first kappa shape index (κ1) is 29.0. The van der Waals surface area contributed by atoms with E-state index in [0.717, 1.165) is 24.1 Å². The first-order valence-electron chi connectivity index (χ1n) is 11.8. The maximum atomic E-state index is 13.5. The maximum Gasteiger partial charge on any atom is 0.340 e. The van der Waals surface area contributed by atoms with Crippen LogP contribution in [0.3, 0.4) is 0 Å². The van der Waals surface area contributed by atoms with Crippen molar-refractivity contribution >= 4 is 31.6 Å². The van der Waals surface area contributed by atoms with Crippen molar-refractivity contribution in [1.29, 1.82) is 0 Å². The molecule has 9 heteroatoms. The van der Waals surface area contributed by atoms with Crippen LogP contribution in [0.15, 0.2) is 24.3 Å². The minimum Gasteiger partial charge on any atom is -0.478 e. The molecule has 0 bridgehead atoms. The van der Waals surface area contributed by atoms with Gasteiger partial charge in [-0.1, -0.05) is 26.2 Å². The molecule has 4 rings (SSSR count). The number of carbonyl (C=O) groups is 4. The number of hydrogen-bond acceptors (Lipinski definition) is 5. The van der Waals surface area contributed by atoms with Gasteiger partial charge in [0.1, 0.15) is 11.6 Å². The van der Waals surface area contributed by atoms with Crippen molar-refractivity contribution in [3.63, 3.8) is 0 Å². The van der Waals surface area contributed by atoms with Crippen LogP contribution in [0.4, 0.5) is 8.78 Å². The fraction of sp³-hybridized carbons (Fsp3) is 0.407. The number of hydrogen-bond donors (Lipinski definition) is 1. The third-order valence-electron chi connectivity index (χ3n) is 5.32. The normalized spacial score (nSPS) is 14.3. The van der Waals surface area contributed by atoms with Crippen molar-refractivity contribution in [2.24, 2.45) is 0 Å². The SMILES string of the molecule is COC(=O)c1cc2c(cc1F)C(=O)CCC2.C[Si](C)(C)C.O=C(O)c1cc2c(cc1F)C(=O)CCC2. The molecule has 0 heterocycles. The summed E-state index contributed by atoms with van der Waals surface area (Å²) in [6.45, 7) is 9.31. The van der Waals surface area contributed by atoms with Crippen LogP contribution in [0.1, 0.15) is 78.2 Å². The Morgan fingerprint density at radius 2 is 1.17 bits per heavy atom. The highest BCUT2D eigenvalue weighted by Crippen LogP contribution is 2.25. The lowest BCUT2D eigenvalue weighted by atomic mass is 9.89. The summed E-state index contributed by atoms with van der Waals surface area (Å²) in [6, 6.07) is 4.88. The van der Waals surface area contributed by atoms with E-state index in [1.165, 1.54) is 19.2 Å². The number of fused-ring (bicyclic) bond motifs is 2. The number of ketones is 2. The minimum atomic E-state index is -1.30. The van der Waals surface area contributed by atoms with Gasteiger partial charge in [0.25, 0.3) is 0 Å². The monoisotopic (exact) mass is 518 g/mol. The van der Waals surface area contributed by atoms with Crippen molar-refractivity contribution in [3.8, 4) is 0 Å². The first-order valence-corrected chi connectivity index (χ1v) is 15.8. The molecule has 0 unspecified atom stereocenters. The Hall–Kier alpha value is -3.20. The number of aromatic carboxylic acids is 1. The van der Waals surface area contributed by atoms with E-state index in [2.05, 4.69) is 30.9 Å². The molecule has 0 fully saturated rings. The van der Waals surface area contributed by atoms with Crippen LogP contribution in [-0.2, 0) is 17.6 Å². The minimum absolute atomic E-state index is 0.0587. The molecule has 0 spiro atoms. The maximum absolute atomic E-state index is 13.5. The largest absolute Gasteiger partial charge is 0.478 e. The van der Waals surface area contributed by atoms with Crippen molar-refractivity contribution < 1.29 is 37.8 Å². The summed E-state index contributed by atoms with van der Waals surface area (Å²) in [7, 11) is 0.590. The molecule has 36 heavy (non-hydrogen) atoms. The van der Waals surface area contributed by atoms with Gasteiger partial charge in [-0.15, -0.1) is 0 Å². The molecular weight excluding hydrogens is 486 g/mol. The Labute approximate surface area is 210 Å². The number of benzene rings is 2. The van der Waals surface area contributed by atoms with E-state index < -0.39 is 31.6 Å². The van der Waals surface area contributed by atoms with E-state index >= 15 is 0 Å². The summed E-state index contributed by atoms with van der Waals surface area (Å²) in [5, 5.41) is 8.71. The molecule has 194 valence electrons. The number of esters is 1. The van der Waals surface area contributed by atoms with E-state index in [-0.39, 0.29) is 22.7 Å². The van der Waals surface area contributed by atoms with Crippen LogP contribution in [0, 0.1) is 11.6 Å². The number of carboxylic acid groups (broad SMARTS) is 1. The summed E-state index contributed by atoms with van der Waals surface area (Å²) in [5.41, 5.74) is 1.66. The average molecular weight is 519 g/mol. The van der Waals surface area contributed by atoms with E-state index in [9.17, 15) is 28.0 Å². The van der Waals surface area contributed by atoms with Gasteiger partial charge >= 0.3 is 11.9 Å². The molecule has 0 atom stereocenters. The van der Waals surface area contributed by atoms with E-state index in [4.69, 9.17) is 5.11 Å².